The summed E-state index contributed by atoms with van der Waals surface area (Å²) in [6, 6.07) is 5.65. The third kappa shape index (κ3) is 8.01. The molecule has 0 radical (unpaired) electrons. The number of nitrogens with one attached hydrogen (secondary N) is 3. The highest BCUT2D eigenvalue weighted by molar-refractivity contribution is 14.0. The lowest BCUT2D eigenvalue weighted by Crippen LogP contribution is -2.38. The van der Waals surface area contributed by atoms with Gasteiger partial charge in [0.25, 0.3) is 0 Å². The molecule has 0 spiro atoms. The number of nitrogens with zero attached hydrogens (tertiary/aromatic N) is 2. The number of aryl methyl sites for hydroxylation is 1. The fourth-order valence-corrected chi connectivity index (χ4v) is 3.13. The Kier molecular flexibility index (Phi) is 10.8. The number of hydrogen-bond donors (Lipinski definition) is 3. The molecule has 9 heteroatoms. The molecule has 1 aromatic heterocycles. The van der Waals surface area contributed by atoms with Gasteiger partial charge >= 0.3 is 0 Å². The highest BCUT2D eigenvalue weighted by atomic mass is 127. The van der Waals surface area contributed by atoms with Crippen LogP contribution < -0.4 is 20.7 Å². The van der Waals surface area contributed by atoms with E-state index in [1.807, 2.05) is 32.0 Å². The molecule has 2 rings (SSSR count). The first kappa shape index (κ1) is 24.2. The Morgan fingerprint density at radius 3 is 2.71 bits per heavy atom. The molecule has 0 aliphatic rings. The van der Waals surface area contributed by atoms with E-state index < -0.39 is 0 Å². The molecular weight excluding hydrogens is 489 g/mol. The van der Waals surface area contributed by atoms with Crippen molar-refractivity contribution in [2.24, 2.45) is 4.99 Å². The predicted molar refractivity (Wildman–Crippen MR) is 126 cm³/mol. The molecule has 0 fully saturated rings. The second kappa shape index (κ2) is 12.6. The molecule has 1 amide bonds. The van der Waals surface area contributed by atoms with Crippen molar-refractivity contribution in [2.75, 3.05) is 25.5 Å². The second-order valence-corrected chi connectivity index (χ2v) is 7.01. The van der Waals surface area contributed by atoms with E-state index in [1.54, 1.807) is 18.4 Å². The number of anilines is 1. The average molecular weight is 517 g/mol. The molecule has 0 saturated heterocycles. The number of halogens is 1. The Balaban J connectivity index is 0.00000392. The van der Waals surface area contributed by atoms with Crippen molar-refractivity contribution in [3.05, 3.63) is 39.8 Å². The van der Waals surface area contributed by atoms with E-state index in [2.05, 4.69) is 31.3 Å². The summed E-state index contributed by atoms with van der Waals surface area (Å²) in [5, 5.41) is 12.5. The van der Waals surface area contributed by atoms with Crippen LogP contribution in [-0.4, -0.2) is 37.1 Å². The topological polar surface area (TPSA) is 87.6 Å². The lowest BCUT2D eigenvalue weighted by Gasteiger charge is -2.12. The quantitative estimate of drug-likeness (QED) is 0.284. The Labute approximate surface area is 187 Å². The number of guanidine groups is 1. The van der Waals surface area contributed by atoms with Gasteiger partial charge in [-0.15, -0.1) is 35.3 Å². The molecule has 28 heavy (non-hydrogen) atoms. The zero-order valence-corrected chi connectivity index (χ0v) is 19.8. The third-order valence-corrected chi connectivity index (χ3v) is 4.50. The van der Waals surface area contributed by atoms with Gasteiger partial charge in [-0.2, -0.15) is 0 Å². The van der Waals surface area contributed by atoms with Gasteiger partial charge in [-0.1, -0.05) is 6.07 Å². The fourth-order valence-electron chi connectivity index (χ4n) is 2.48. The van der Waals surface area contributed by atoms with Gasteiger partial charge < -0.3 is 20.7 Å². The van der Waals surface area contributed by atoms with E-state index in [9.17, 15) is 4.79 Å². The van der Waals surface area contributed by atoms with Gasteiger partial charge in [-0.05, 0) is 31.5 Å². The largest absolute Gasteiger partial charge is 0.495 e. The fraction of sp³-hybridized carbons (Fsp3) is 0.421. The van der Waals surface area contributed by atoms with Crippen molar-refractivity contribution < 1.29 is 9.53 Å². The number of hydrogen-bond acceptors (Lipinski definition) is 5. The zero-order chi connectivity index (χ0) is 19.6. The highest BCUT2D eigenvalue weighted by Crippen LogP contribution is 2.25. The van der Waals surface area contributed by atoms with Gasteiger partial charge in [0.15, 0.2) is 5.96 Å². The van der Waals surface area contributed by atoms with Crippen molar-refractivity contribution in [3.63, 3.8) is 0 Å². The van der Waals surface area contributed by atoms with E-state index in [4.69, 9.17) is 4.74 Å². The first-order valence-corrected chi connectivity index (χ1v) is 9.77. The number of rotatable bonds is 8. The van der Waals surface area contributed by atoms with E-state index in [1.165, 1.54) is 6.92 Å². The van der Waals surface area contributed by atoms with E-state index >= 15 is 0 Å². The van der Waals surface area contributed by atoms with Gasteiger partial charge in [0, 0.05) is 31.8 Å². The van der Waals surface area contributed by atoms with E-state index in [0.29, 0.717) is 18.0 Å². The normalized spacial score (nSPS) is 10.8. The van der Waals surface area contributed by atoms with E-state index in [0.717, 1.165) is 41.7 Å². The number of carbonyl (C=O) groups is 1. The first-order valence-electron chi connectivity index (χ1n) is 8.89. The molecule has 154 valence electrons. The summed E-state index contributed by atoms with van der Waals surface area (Å²) in [5.41, 5.74) is 2.72. The van der Waals surface area contributed by atoms with Crippen molar-refractivity contribution in [1.29, 1.82) is 0 Å². The molecular formula is C19H28IN5O2S. The van der Waals surface area contributed by atoms with Crippen LogP contribution in [0.1, 0.15) is 30.1 Å². The Bertz CT molecular complexity index is 794. The number of methoxy groups -OCH3 is 1. The Hall–Kier alpha value is -1.88. The minimum atomic E-state index is -0.138. The molecule has 0 aliphatic heterocycles. The summed E-state index contributed by atoms with van der Waals surface area (Å²) < 4.78 is 5.28. The van der Waals surface area contributed by atoms with Gasteiger partial charge in [0.05, 0.1) is 30.0 Å². The van der Waals surface area contributed by atoms with Crippen molar-refractivity contribution >= 4 is 52.9 Å². The Morgan fingerprint density at radius 1 is 1.32 bits per heavy atom. The molecule has 0 unspecified atom stereocenters. The summed E-state index contributed by atoms with van der Waals surface area (Å²) in [6.45, 7) is 7.54. The molecule has 1 heterocycles. The standard InChI is InChI=1S/C19H27N5O2S.HI/c1-5-20-19(21-9-8-16-12-27-14(3)24-16)22-11-15-6-7-18(26-4)17(10-15)23-13(2)25;/h6-7,10,12H,5,8-9,11H2,1-4H3,(H,23,25)(H2,20,21,22);1H. The minimum absolute atomic E-state index is 0. The number of amides is 1. The summed E-state index contributed by atoms with van der Waals surface area (Å²) in [7, 11) is 1.58. The third-order valence-electron chi connectivity index (χ3n) is 3.68. The lowest BCUT2D eigenvalue weighted by molar-refractivity contribution is -0.114. The van der Waals surface area contributed by atoms with Gasteiger partial charge in [0.2, 0.25) is 5.91 Å². The van der Waals surface area contributed by atoms with Crippen molar-refractivity contribution in [1.82, 2.24) is 15.6 Å². The van der Waals surface area contributed by atoms with Gasteiger partial charge in [0.1, 0.15) is 5.75 Å². The van der Waals surface area contributed by atoms with Crippen LogP contribution >= 0.6 is 35.3 Å². The van der Waals surface area contributed by atoms with Crippen molar-refractivity contribution in [2.45, 2.75) is 33.7 Å². The van der Waals surface area contributed by atoms with Crippen LogP contribution in [-0.2, 0) is 17.8 Å². The summed E-state index contributed by atoms with van der Waals surface area (Å²) in [5.74, 6) is 1.24. The summed E-state index contributed by atoms with van der Waals surface area (Å²) in [4.78, 5) is 20.4. The first-order chi connectivity index (χ1) is 13.0. The van der Waals surface area contributed by atoms with Crippen LogP contribution in [0.5, 0.6) is 5.75 Å². The van der Waals surface area contributed by atoms with Gasteiger partial charge in [-0.3, -0.25) is 4.79 Å². The number of ether oxygens (including phenoxy) is 1. The highest BCUT2D eigenvalue weighted by Gasteiger charge is 2.06. The number of aliphatic imine (C=N–C) groups is 1. The molecule has 3 N–H and O–H groups in total. The summed E-state index contributed by atoms with van der Waals surface area (Å²) >= 11 is 1.66. The predicted octanol–water partition coefficient (Wildman–Crippen LogP) is 3.33. The van der Waals surface area contributed by atoms with Crippen LogP contribution in [0.4, 0.5) is 5.69 Å². The van der Waals surface area contributed by atoms with Crippen molar-refractivity contribution in [3.8, 4) is 5.75 Å². The second-order valence-electron chi connectivity index (χ2n) is 5.95. The van der Waals surface area contributed by atoms with Crippen LogP contribution in [0.2, 0.25) is 0 Å². The molecule has 1 aromatic carbocycles. The smallest absolute Gasteiger partial charge is 0.221 e. The number of benzene rings is 1. The maximum absolute atomic E-state index is 11.4. The van der Waals surface area contributed by atoms with Crippen LogP contribution in [0.15, 0.2) is 28.6 Å². The zero-order valence-electron chi connectivity index (χ0n) is 16.7. The average Bonchev–Trinajstić information content (AvgIpc) is 3.04. The molecule has 0 bridgehead atoms. The summed E-state index contributed by atoms with van der Waals surface area (Å²) in [6.07, 6.45) is 0.851. The van der Waals surface area contributed by atoms with Crippen LogP contribution in [0.25, 0.3) is 0 Å². The maximum atomic E-state index is 11.4. The lowest BCUT2D eigenvalue weighted by atomic mass is 10.2. The number of thiazole rings is 1. The van der Waals surface area contributed by atoms with Gasteiger partial charge in [-0.25, -0.2) is 9.98 Å². The number of aromatic nitrogens is 1. The monoisotopic (exact) mass is 517 g/mol. The molecule has 2 aromatic rings. The molecule has 0 aliphatic carbocycles. The molecule has 0 saturated carbocycles. The van der Waals surface area contributed by atoms with Crippen LogP contribution in [0, 0.1) is 6.92 Å². The molecule has 7 nitrogen and oxygen atoms in total. The maximum Gasteiger partial charge on any atom is 0.221 e. The van der Waals surface area contributed by atoms with E-state index in [-0.39, 0.29) is 29.9 Å². The molecule has 0 atom stereocenters. The Morgan fingerprint density at radius 2 is 2.11 bits per heavy atom. The number of carbonyl (C=O) groups excluding carboxylic acids is 1. The minimum Gasteiger partial charge on any atom is -0.495 e. The SMILES string of the molecule is CCNC(=NCc1ccc(OC)c(NC(C)=O)c1)NCCc1csc(C)n1.I. The van der Waals surface area contributed by atoms with Crippen LogP contribution in [0.3, 0.4) is 0 Å².